The molecule has 0 aliphatic heterocycles. The predicted octanol–water partition coefficient (Wildman–Crippen LogP) is 1.53. The van der Waals surface area contributed by atoms with Crippen molar-refractivity contribution in [2.24, 2.45) is 0 Å². The quantitative estimate of drug-likeness (QED) is 0.753. The molecule has 1 aromatic heterocycles. The fourth-order valence-electron chi connectivity index (χ4n) is 1.40. The number of aliphatic carboxylic acids is 2. The number of hydrogen-bond acceptors (Lipinski definition) is 3. The van der Waals surface area contributed by atoms with Crippen molar-refractivity contribution in [2.75, 3.05) is 0 Å². The van der Waals surface area contributed by atoms with Crippen LogP contribution in [-0.4, -0.2) is 27.1 Å². The van der Waals surface area contributed by atoms with Crippen LogP contribution in [0.2, 0.25) is 0 Å². The van der Waals surface area contributed by atoms with Crippen LogP contribution >= 0.6 is 0 Å². The average Bonchev–Trinajstić information content (AvgIpc) is 2.29. The lowest BCUT2D eigenvalue weighted by atomic mass is 9.93. The van der Waals surface area contributed by atoms with Gasteiger partial charge in [0, 0.05) is 6.20 Å². The summed E-state index contributed by atoms with van der Waals surface area (Å²) in [4.78, 5) is 25.8. The van der Waals surface area contributed by atoms with Gasteiger partial charge in [0.25, 0.3) is 0 Å². The summed E-state index contributed by atoms with van der Waals surface area (Å²) in [5, 5.41) is 17.9. The summed E-state index contributed by atoms with van der Waals surface area (Å²) in [6.07, 6.45) is 2.82. The number of nitrogens with zero attached hydrogens (tertiary/aromatic N) is 1. The molecule has 1 unspecified atom stereocenters. The average molecular weight is 233 g/mol. The molecule has 1 heterocycles. The number of carboxylic acid groups (broad SMARTS) is 2. The van der Waals surface area contributed by atoms with Gasteiger partial charge in [-0.25, -0.2) is 4.79 Å². The maximum absolute atomic E-state index is 11.1. The van der Waals surface area contributed by atoms with Gasteiger partial charge in [-0.1, -0.05) is 25.3 Å². The van der Waals surface area contributed by atoms with E-state index in [0.717, 1.165) is 0 Å². The van der Waals surface area contributed by atoms with Crippen LogP contribution in [0.3, 0.4) is 0 Å². The third-order valence-electron chi connectivity index (χ3n) is 2.23. The van der Waals surface area contributed by atoms with Crippen molar-refractivity contribution in [3.8, 4) is 0 Å². The van der Waals surface area contributed by atoms with Gasteiger partial charge in [-0.2, -0.15) is 0 Å². The lowest BCUT2D eigenvalue weighted by Crippen LogP contribution is -2.20. The number of carboxylic acids is 2. The molecule has 0 fully saturated rings. The van der Waals surface area contributed by atoms with Gasteiger partial charge in [-0.05, 0) is 11.6 Å². The third-order valence-corrected chi connectivity index (χ3v) is 2.23. The second kappa shape index (κ2) is 5.07. The van der Waals surface area contributed by atoms with Crippen LogP contribution in [0.4, 0.5) is 0 Å². The molecule has 5 heteroatoms. The first kappa shape index (κ1) is 12.6. The van der Waals surface area contributed by atoms with Crippen molar-refractivity contribution in [3.05, 3.63) is 48.3 Å². The summed E-state index contributed by atoms with van der Waals surface area (Å²) in [7, 11) is 0. The molecule has 0 aromatic carbocycles. The molecule has 0 radical (unpaired) electrons. The summed E-state index contributed by atoms with van der Waals surface area (Å²) in [5.74, 6) is -4.04. The van der Waals surface area contributed by atoms with E-state index in [0.29, 0.717) is 5.56 Å². The molecule has 0 bridgehead atoms. The van der Waals surface area contributed by atoms with Gasteiger partial charge in [0.2, 0.25) is 0 Å². The summed E-state index contributed by atoms with van der Waals surface area (Å²) in [6.45, 7) is 6.80. The minimum Gasteiger partial charge on any atom is -0.480 e. The number of aromatic nitrogens is 1. The topological polar surface area (TPSA) is 87.5 Å². The molecule has 0 amide bonds. The van der Waals surface area contributed by atoms with E-state index in [1.165, 1.54) is 12.3 Å². The second-order valence-corrected chi connectivity index (χ2v) is 3.28. The number of carbonyl (C=O) groups is 2. The maximum atomic E-state index is 11.1. The summed E-state index contributed by atoms with van der Waals surface area (Å²) in [6, 6.07) is 3.23. The van der Waals surface area contributed by atoms with E-state index < -0.39 is 23.4 Å². The van der Waals surface area contributed by atoms with Gasteiger partial charge in [0.15, 0.2) is 0 Å². The predicted molar refractivity (Wildman–Crippen MR) is 61.5 cm³/mol. The lowest BCUT2D eigenvalue weighted by Gasteiger charge is -2.13. The first-order valence-corrected chi connectivity index (χ1v) is 4.71. The monoisotopic (exact) mass is 233 g/mol. The van der Waals surface area contributed by atoms with Gasteiger partial charge < -0.3 is 10.2 Å². The first-order valence-electron chi connectivity index (χ1n) is 4.71. The highest BCUT2D eigenvalue weighted by Crippen LogP contribution is 2.25. The van der Waals surface area contributed by atoms with E-state index in [2.05, 4.69) is 18.1 Å². The maximum Gasteiger partial charge on any atom is 0.332 e. The number of hydrogen-bond donors (Lipinski definition) is 2. The Kier molecular flexibility index (Phi) is 3.77. The van der Waals surface area contributed by atoms with Gasteiger partial charge in [-0.15, -0.1) is 0 Å². The third kappa shape index (κ3) is 2.57. The van der Waals surface area contributed by atoms with Crippen LogP contribution in [0.25, 0.3) is 6.08 Å². The Labute approximate surface area is 97.7 Å². The molecule has 0 saturated carbocycles. The molecule has 0 aliphatic carbocycles. The van der Waals surface area contributed by atoms with E-state index in [4.69, 9.17) is 10.2 Å². The fraction of sp³-hybridized carbons (Fsp3) is 0.0833. The Morgan fingerprint density at radius 2 is 2.06 bits per heavy atom. The van der Waals surface area contributed by atoms with Crippen LogP contribution in [-0.2, 0) is 9.59 Å². The van der Waals surface area contributed by atoms with Crippen LogP contribution in [0.1, 0.15) is 17.2 Å². The smallest absolute Gasteiger partial charge is 0.332 e. The van der Waals surface area contributed by atoms with Crippen molar-refractivity contribution in [3.63, 3.8) is 0 Å². The Hall–Kier alpha value is -2.43. The standard InChI is InChI=1S/C12H11NO4/c1-3-8-5-4-6-13-10(8)9(12(16)17)7(2)11(14)15/h3-6,9H,1-2H2,(H,14,15)(H,16,17). The SMILES string of the molecule is C=Cc1cccnc1C(C(=C)C(=O)O)C(=O)O. The molecule has 2 N–H and O–H groups in total. The molecule has 5 nitrogen and oxygen atoms in total. The van der Waals surface area contributed by atoms with E-state index >= 15 is 0 Å². The molecule has 17 heavy (non-hydrogen) atoms. The van der Waals surface area contributed by atoms with E-state index in [-0.39, 0.29) is 5.69 Å². The van der Waals surface area contributed by atoms with Gasteiger partial charge >= 0.3 is 11.9 Å². The number of pyridine rings is 1. The Bertz CT molecular complexity index is 493. The highest BCUT2D eigenvalue weighted by molar-refractivity contribution is 5.96. The summed E-state index contributed by atoms with van der Waals surface area (Å²) < 4.78 is 0. The molecule has 0 spiro atoms. The molecule has 0 saturated heterocycles. The van der Waals surface area contributed by atoms with Crippen molar-refractivity contribution in [1.29, 1.82) is 0 Å². The molecule has 88 valence electrons. The molecular formula is C12H11NO4. The molecule has 0 aliphatic rings. The first-order chi connectivity index (χ1) is 7.99. The van der Waals surface area contributed by atoms with Crippen LogP contribution in [0.15, 0.2) is 37.1 Å². The van der Waals surface area contributed by atoms with E-state index in [9.17, 15) is 9.59 Å². The van der Waals surface area contributed by atoms with Crippen LogP contribution < -0.4 is 0 Å². The van der Waals surface area contributed by atoms with Crippen LogP contribution in [0.5, 0.6) is 0 Å². The molecular weight excluding hydrogens is 222 g/mol. The van der Waals surface area contributed by atoms with Crippen molar-refractivity contribution < 1.29 is 19.8 Å². The van der Waals surface area contributed by atoms with Crippen LogP contribution in [0, 0.1) is 0 Å². The minimum absolute atomic E-state index is 0.127. The highest BCUT2D eigenvalue weighted by atomic mass is 16.4. The zero-order chi connectivity index (χ0) is 13.0. The van der Waals surface area contributed by atoms with Crippen molar-refractivity contribution in [2.45, 2.75) is 5.92 Å². The minimum atomic E-state index is -1.37. The zero-order valence-corrected chi connectivity index (χ0v) is 8.96. The van der Waals surface area contributed by atoms with Gasteiger partial charge in [-0.3, -0.25) is 9.78 Å². The van der Waals surface area contributed by atoms with Crippen molar-refractivity contribution >= 4 is 18.0 Å². The normalized spacial score (nSPS) is 11.5. The largest absolute Gasteiger partial charge is 0.480 e. The number of rotatable bonds is 5. The zero-order valence-electron chi connectivity index (χ0n) is 8.96. The molecule has 1 atom stereocenters. The fourth-order valence-corrected chi connectivity index (χ4v) is 1.40. The van der Waals surface area contributed by atoms with Gasteiger partial charge in [0.05, 0.1) is 11.3 Å². The summed E-state index contributed by atoms with van der Waals surface area (Å²) >= 11 is 0. The molecule has 1 rings (SSSR count). The highest BCUT2D eigenvalue weighted by Gasteiger charge is 2.30. The Balaban J connectivity index is 3.33. The Morgan fingerprint density at radius 3 is 2.53 bits per heavy atom. The Morgan fingerprint density at radius 1 is 1.41 bits per heavy atom. The second-order valence-electron chi connectivity index (χ2n) is 3.28. The van der Waals surface area contributed by atoms with Crippen molar-refractivity contribution in [1.82, 2.24) is 4.98 Å². The lowest BCUT2D eigenvalue weighted by molar-refractivity contribution is -0.141. The molecule has 1 aromatic rings. The van der Waals surface area contributed by atoms with Gasteiger partial charge in [0.1, 0.15) is 5.92 Å². The van der Waals surface area contributed by atoms with E-state index in [1.807, 2.05) is 0 Å². The van der Waals surface area contributed by atoms with E-state index in [1.54, 1.807) is 12.1 Å². The summed E-state index contributed by atoms with van der Waals surface area (Å²) in [5.41, 5.74) is 0.170.